The Kier molecular flexibility index (Phi) is 4.58. The van der Waals surface area contributed by atoms with Gasteiger partial charge in [0, 0.05) is 27.3 Å². The van der Waals surface area contributed by atoms with Gasteiger partial charge in [-0.2, -0.15) is 10.1 Å². The van der Waals surface area contributed by atoms with E-state index in [1.165, 1.54) is 12.4 Å². The molecule has 0 saturated carbocycles. The van der Waals surface area contributed by atoms with Crippen molar-refractivity contribution in [3.63, 3.8) is 0 Å². The highest BCUT2D eigenvalue weighted by atomic mass is 35.5. The minimum Gasteiger partial charge on any atom is -0.497 e. The molecule has 0 spiro atoms. The van der Waals surface area contributed by atoms with E-state index in [1.54, 1.807) is 30.0 Å². The number of fused-ring (bicyclic) bond motifs is 3. The zero-order valence-corrected chi connectivity index (χ0v) is 18.3. The summed E-state index contributed by atoms with van der Waals surface area (Å²) < 4.78 is 28.8. The van der Waals surface area contributed by atoms with Gasteiger partial charge in [-0.15, -0.1) is 0 Å². The lowest BCUT2D eigenvalue weighted by Crippen LogP contribution is -2.32. The smallest absolute Gasteiger partial charge is 0.226 e. The van der Waals surface area contributed by atoms with Gasteiger partial charge in [-0.05, 0) is 36.4 Å². The van der Waals surface area contributed by atoms with E-state index in [1.807, 2.05) is 42.5 Å². The Labute approximate surface area is 194 Å². The SMILES string of the molecule is COc1cccc([C@@H]2Oc3ccc(Cl)cc3C3=C2[C@@H](c2ccccc2F)n2ncnc2N3)c1. The Bertz CT molecular complexity index is 1420. The standard InChI is InChI=1S/C25H18ClFN4O2/c1-32-16-6-4-5-14(11-16)24-21-22(18-12-15(26)9-10-20(18)33-24)30-25-28-13-29-31(25)23(21)17-7-2-3-8-19(17)27/h2-13,23-24H,1H3,(H,28,29,30)/t23-,24+/m1/s1. The van der Waals surface area contributed by atoms with Crippen molar-refractivity contribution in [1.29, 1.82) is 0 Å². The van der Waals surface area contributed by atoms with Crippen LogP contribution in [0.2, 0.25) is 5.02 Å². The van der Waals surface area contributed by atoms with Crippen molar-refractivity contribution in [3.8, 4) is 11.5 Å². The number of nitrogens with one attached hydrogen (secondary N) is 1. The van der Waals surface area contributed by atoms with Gasteiger partial charge in [0.15, 0.2) is 0 Å². The molecule has 6 nitrogen and oxygen atoms in total. The second-order valence-electron chi connectivity index (χ2n) is 7.82. The highest BCUT2D eigenvalue weighted by molar-refractivity contribution is 6.30. The fraction of sp³-hybridized carbons (Fsp3) is 0.120. The van der Waals surface area contributed by atoms with Crippen molar-refractivity contribution >= 4 is 23.2 Å². The van der Waals surface area contributed by atoms with Gasteiger partial charge in [0.1, 0.15) is 35.8 Å². The maximum atomic E-state index is 15.2. The Morgan fingerprint density at radius 2 is 1.97 bits per heavy atom. The van der Waals surface area contributed by atoms with E-state index in [4.69, 9.17) is 21.1 Å². The molecule has 2 aliphatic rings. The Balaban J connectivity index is 1.65. The van der Waals surface area contributed by atoms with Gasteiger partial charge >= 0.3 is 0 Å². The number of methoxy groups -OCH3 is 1. The lowest BCUT2D eigenvalue weighted by molar-refractivity contribution is 0.222. The molecular weight excluding hydrogens is 443 g/mol. The van der Waals surface area contributed by atoms with Gasteiger partial charge in [-0.3, -0.25) is 0 Å². The number of benzene rings is 3. The van der Waals surface area contributed by atoms with Crippen LogP contribution in [0.1, 0.15) is 28.8 Å². The number of ether oxygens (including phenoxy) is 2. The maximum Gasteiger partial charge on any atom is 0.226 e. The van der Waals surface area contributed by atoms with E-state index >= 15 is 4.39 Å². The van der Waals surface area contributed by atoms with Crippen LogP contribution >= 0.6 is 11.6 Å². The summed E-state index contributed by atoms with van der Waals surface area (Å²) in [6.07, 6.45) is 0.924. The maximum absolute atomic E-state index is 15.2. The summed E-state index contributed by atoms with van der Waals surface area (Å²) in [6, 6.07) is 19.2. The van der Waals surface area contributed by atoms with Gasteiger partial charge in [0.05, 0.1) is 12.8 Å². The van der Waals surface area contributed by atoms with Crippen LogP contribution in [0.25, 0.3) is 5.70 Å². The lowest BCUT2D eigenvalue weighted by atomic mass is 9.84. The van der Waals surface area contributed by atoms with Crippen molar-refractivity contribution in [3.05, 3.63) is 106 Å². The second kappa shape index (κ2) is 7.64. The molecule has 0 unspecified atom stereocenters. The molecule has 4 aromatic rings. The molecule has 33 heavy (non-hydrogen) atoms. The first-order valence-corrected chi connectivity index (χ1v) is 10.8. The summed E-state index contributed by atoms with van der Waals surface area (Å²) in [5.74, 6) is 1.55. The molecule has 8 heteroatoms. The van der Waals surface area contributed by atoms with E-state index in [-0.39, 0.29) is 5.82 Å². The topological polar surface area (TPSA) is 61.2 Å². The Morgan fingerprint density at radius 1 is 1.09 bits per heavy atom. The first kappa shape index (κ1) is 19.8. The molecule has 0 fully saturated rings. The van der Waals surface area contributed by atoms with E-state index < -0.39 is 12.1 Å². The molecule has 2 aliphatic heterocycles. The fourth-order valence-corrected chi connectivity index (χ4v) is 4.69. The number of anilines is 1. The Hall–Kier alpha value is -3.84. The zero-order valence-electron chi connectivity index (χ0n) is 17.5. The van der Waals surface area contributed by atoms with E-state index in [2.05, 4.69) is 15.4 Å². The van der Waals surface area contributed by atoms with Gasteiger partial charge in [-0.25, -0.2) is 9.07 Å². The summed E-state index contributed by atoms with van der Waals surface area (Å²) in [5.41, 5.74) is 3.71. The molecule has 0 amide bonds. The molecule has 2 atom stereocenters. The summed E-state index contributed by atoms with van der Waals surface area (Å²) in [4.78, 5) is 4.36. The van der Waals surface area contributed by atoms with Crippen LogP contribution in [-0.4, -0.2) is 21.9 Å². The quantitative estimate of drug-likeness (QED) is 0.428. The summed E-state index contributed by atoms with van der Waals surface area (Å²) in [6.45, 7) is 0. The Morgan fingerprint density at radius 3 is 2.82 bits per heavy atom. The summed E-state index contributed by atoms with van der Waals surface area (Å²) in [5, 5.41) is 8.37. The van der Waals surface area contributed by atoms with E-state index in [0.717, 1.165) is 22.4 Å². The minimum atomic E-state index is -0.580. The molecule has 164 valence electrons. The highest BCUT2D eigenvalue weighted by Crippen LogP contribution is 2.51. The number of hydrogen-bond acceptors (Lipinski definition) is 5. The first-order valence-electron chi connectivity index (χ1n) is 10.4. The molecule has 0 bridgehead atoms. The van der Waals surface area contributed by atoms with Crippen molar-refractivity contribution in [1.82, 2.24) is 14.8 Å². The summed E-state index contributed by atoms with van der Waals surface area (Å²) in [7, 11) is 1.62. The van der Waals surface area contributed by atoms with Gasteiger partial charge in [0.2, 0.25) is 5.95 Å². The van der Waals surface area contributed by atoms with Crippen LogP contribution in [0.3, 0.4) is 0 Å². The highest BCUT2D eigenvalue weighted by Gasteiger charge is 2.41. The third-order valence-corrected chi connectivity index (χ3v) is 6.21. The van der Waals surface area contributed by atoms with Crippen molar-refractivity contribution in [2.45, 2.75) is 12.1 Å². The first-order chi connectivity index (χ1) is 16.1. The number of aromatic nitrogens is 3. The molecule has 3 heterocycles. The molecule has 1 aromatic heterocycles. The summed E-state index contributed by atoms with van der Waals surface area (Å²) >= 11 is 6.34. The van der Waals surface area contributed by atoms with Gasteiger partial charge < -0.3 is 14.8 Å². The molecular formula is C25H18ClFN4O2. The average Bonchev–Trinajstić information content (AvgIpc) is 3.31. The van der Waals surface area contributed by atoms with Crippen LogP contribution in [-0.2, 0) is 0 Å². The van der Waals surface area contributed by atoms with Crippen molar-refractivity contribution in [2.24, 2.45) is 0 Å². The third kappa shape index (κ3) is 3.15. The zero-order chi connectivity index (χ0) is 22.5. The predicted molar refractivity (Wildman–Crippen MR) is 123 cm³/mol. The number of halogens is 2. The van der Waals surface area contributed by atoms with Crippen LogP contribution in [0.4, 0.5) is 10.3 Å². The molecule has 6 rings (SSSR count). The van der Waals surface area contributed by atoms with Crippen molar-refractivity contribution < 1.29 is 13.9 Å². The predicted octanol–water partition coefficient (Wildman–Crippen LogP) is 5.64. The van der Waals surface area contributed by atoms with Gasteiger partial charge in [-0.1, -0.05) is 41.9 Å². The van der Waals surface area contributed by atoms with Crippen LogP contribution in [0.5, 0.6) is 11.5 Å². The van der Waals surface area contributed by atoms with Crippen LogP contribution < -0.4 is 14.8 Å². The molecule has 3 aromatic carbocycles. The lowest BCUT2D eigenvalue weighted by Gasteiger charge is -2.39. The van der Waals surface area contributed by atoms with Gasteiger partial charge in [0.25, 0.3) is 0 Å². The average molecular weight is 461 g/mol. The monoisotopic (exact) mass is 460 g/mol. The largest absolute Gasteiger partial charge is 0.497 e. The van der Waals surface area contributed by atoms with E-state index in [9.17, 15) is 0 Å². The molecule has 0 radical (unpaired) electrons. The second-order valence-corrected chi connectivity index (χ2v) is 8.26. The number of hydrogen-bond donors (Lipinski definition) is 1. The van der Waals surface area contributed by atoms with Crippen LogP contribution in [0.15, 0.2) is 78.6 Å². The van der Waals surface area contributed by atoms with Crippen LogP contribution in [0, 0.1) is 5.82 Å². The van der Waals surface area contributed by atoms with E-state index in [0.29, 0.717) is 28.0 Å². The molecule has 0 aliphatic carbocycles. The van der Waals surface area contributed by atoms with Crippen molar-refractivity contribution in [2.75, 3.05) is 12.4 Å². The minimum absolute atomic E-state index is 0.334. The fourth-order valence-electron chi connectivity index (χ4n) is 4.52. The molecule has 1 N–H and O–H groups in total. The number of rotatable bonds is 3. The molecule has 0 saturated heterocycles. The third-order valence-electron chi connectivity index (χ3n) is 5.97. The number of nitrogens with zero attached hydrogens (tertiary/aromatic N) is 3. The normalized spacial score (nSPS) is 18.5.